The number of imidazole rings is 1. The molecule has 0 fully saturated rings. The summed E-state index contributed by atoms with van der Waals surface area (Å²) in [5.41, 5.74) is -0.0420. The minimum Gasteiger partial charge on any atom is -0.467 e. The van der Waals surface area contributed by atoms with Crippen LogP contribution >= 0.6 is 0 Å². The van der Waals surface area contributed by atoms with E-state index in [-0.39, 0.29) is 12.3 Å². The van der Waals surface area contributed by atoms with E-state index in [1.807, 2.05) is 11.5 Å². The number of aromatic amines is 1. The van der Waals surface area contributed by atoms with E-state index >= 15 is 0 Å². The molecule has 0 unspecified atom stereocenters. The van der Waals surface area contributed by atoms with Gasteiger partial charge in [0.25, 0.3) is 5.56 Å². The normalized spacial score (nSPS) is 11.3. The number of fused-ring (bicyclic) bond motifs is 1. The van der Waals surface area contributed by atoms with Crippen molar-refractivity contribution in [3.63, 3.8) is 0 Å². The highest BCUT2D eigenvalue weighted by atomic mass is 16.3. The molecule has 0 saturated carbocycles. The Hall–Kier alpha value is -3.10. The Balaban J connectivity index is 1.86. The standard InChI is InChI=1S/C22H31N5O4/c1-3-5-7-13-26-17(10-11-18(28)23-15-16-9-8-14-31-16)24-20-19(26)21(29)25-22(30)27(20)12-6-4-2/h8-9,14H,3-7,10-13,15H2,1-2H3,(H,23,28)(H,25,29,30). The molecule has 0 bridgehead atoms. The average Bonchev–Trinajstić information content (AvgIpc) is 3.39. The molecule has 0 atom stereocenters. The quantitative estimate of drug-likeness (QED) is 0.430. The van der Waals surface area contributed by atoms with Crippen molar-refractivity contribution in [1.29, 1.82) is 0 Å². The largest absolute Gasteiger partial charge is 0.467 e. The first-order chi connectivity index (χ1) is 15.0. The summed E-state index contributed by atoms with van der Waals surface area (Å²) >= 11 is 0. The Morgan fingerprint density at radius 1 is 1.13 bits per heavy atom. The zero-order valence-electron chi connectivity index (χ0n) is 18.3. The summed E-state index contributed by atoms with van der Waals surface area (Å²) in [6, 6.07) is 3.57. The van der Waals surface area contributed by atoms with Crippen LogP contribution in [0.3, 0.4) is 0 Å². The number of unbranched alkanes of at least 4 members (excludes halogenated alkanes) is 3. The molecule has 0 radical (unpaired) electrons. The second-order valence-corrected chi connectivity index (χ2v) is 7.68. The molecule has 31 heavy (non-hydrogen) atoms. The molecule has 9 nitrogen and oxygen atoms in total. The molecule has 0 spiro atoms. The summed E-state index contributed by atoms with van der Waals surface area (Å²) in [6.45, 7) is 5.62. The lowest BCUT2D eigenvalue weighted by Crippen LogP contribution is -2.31. The van der Waals surface area contributed by atoms with Gasteiger partial charge in [-0.15, -0.1) is 0 Å². The topological polar surface area (TPSA) is 115 Å². The van der Waals surface area contributed by atoms with Crippen LogP contribution in [-0.2, 0) is 30.8 Å². The zero-order valence-corrected chi connectivity index (χ0v) is 18.3. The fraction of sp³-hybridized carbons (Fsp3) is 0.545. The van der Waals surface area contributed by atoms with Gasteiger partial charge in [-0.05, 0) is 25.0 Å². The van der Waals surface area contributed by atoms with Crippen molar-refractivity contribution in [2.45, 2.75) is 78.4 Å². The van der Waals surface area contributed by atoms with Crippen molar-refractivity contribution in [1.82, 2.24) is 24.4 Å². The summed E-state index contributed by atoms with van der Waals surface area (Å²) in [6.07, 6.45) is 6.89. The molecule has 0 aliphatic carbocycles. The molecule has 3 heterocycles. The van der Waals surface area contributed by atoms with Gasteiger partial charge in [-0.2, -0.15) is 0 Å². The van der Waals surface area contributed by atoms with Gasteiger partial charge < -0.3 is 14.3 Å². The van der Waals surface area contributed by atoms with Gasteiger partial charge in [0.15, 0.2) is 11.2 Å². The first-order valence-electron chi connectivity index (χ1n) is 11.1. The van der Waals surface area contributed by atoms with Crippen molar-refractivity contribution in [2.75, 3.05) is 0 Å². The average molecular weight is 430 g/mol. The van der Waals surface area contributed by atoms with Gasteiger partial charge in [0, 0.05) is 25.9 Å². The summed E-state index contributed by atoms with van der Waals surface area (Å²) in [7, 11) is 0. The van der Waals surface area contributed by atoms with Crippen molar-refractivity contribution in [2.24, 2.45) is 0 Å². The first-order valence-corrected chi connectivity index (χ1v) is 11.1. The van der Waals surface area contributed by atoms with Crippen molar-refractivity contribution in [3.05, 3.63) is 50.8 Å². The Morgan fingerprint density at radius 2 is 1.90 bits per heavy atom. The number of carbonyl (C=O) groups is 1. The lowest BCUT2D eigenvalue weighted by atomic mass is 10.2. The van der Waals surface area contributed by atoms with Gasteiger partial charge >= 0.3 is 5.69 Å². The number of aromatic nitrogens is 4. The number of furan rings is 1. The lowest BCUT2D eigenvalue weighted by Gasteiger charge is -2.09. The molecule has 0 aromatic carbocycles. The first kappa shape index (κ1) is 22.6. The third kappa shape index (κ3) is 5.53. The van der Waals surface area contributed by atoms with Crippen LogP contribution in [0.5, 0.6) is 0 Å². The summed E-state index contributed by atoms with van der Waals surface area (Å²) in [4.78, 5) is 44.4. The van der Waals surface area contributed by atoms with E-state index in [0.717, 1.165) is 32.1 Å². The fourth-order valence-electron chi connectivity index (χ4n) is 3.61. The molecule has 9 heteroatoms. The smallest absolute Gasteiger partial charge is 0.330 e. The van der Waals surface area contributed by atoms with E-state index in [1.165, 1.54) is 4.57 Å². The number of carbonyl (C=O) groups excluding carboxylic acids is 1. The van der Waals surface area contributed by atoms with E-state index in [9.17, 15) is 14.4 Å². The maximum absolute atomic E-state index is 12.6. The van der Waals surface area contributed by atoms with Gasteiger partial charge in [-0.1, -0.05) is 33.1 Å². The number of rotatable bonds is 12. The van der Waals surface area contributed by atoms with Crippen LogP contribution in [0.4, 0.5) is 0 Å². The highest BCUT2D eigenvalue weighted by molar-refractivity contribution is 5.76. The number of H-pyrrole nitrogens is 1. The Bertz CT molecular complexity index is 1110. The van der Waals surface area contributed by atoms with Gasteiger partial charge in [-0.3, -0.25) is 19.1 Å². The van der Waals surface area contributed by atoms with E-state index < -0.39 is 11.2 Å². The van der Waals surface area contributed by atoms with Crippen LogP contribution in [0.15, 0.2) is 32.4 Å². The van der Waals surface area contributed by atoms with Crippen LogP contribution in [0, 0.1) is 0 Å². The van der Waals surface area contributed by atoms with E-state index in [0.29, 0.717) is 48.8 Å². The van der Waals surface area contributed by atoms with E-state index in [4.69, 9.17) is 4.42 Å². The highest BCUT2D eigenvalue weighted by Crippen LogP contribution is 2.15. The maximum atomic E-state index is 12.6. The Labute approximate surface area is 180 Å². The summed E-state index contributed by atoms with van der Waals surface area (Å²) in [5, 5.41) is 2.83. The van der Waals surface area contributed by atoms with Gasteiger partial charge in [0.05, 0.1) is 12.8 Å². The number of nitrogens with zero attached hydrogens (tertiary/aromatic N) is 3. The molecule has 1 amide bonds. The highest BCUT2D eigenvalue weighted by Gasteiger charge is 2.19. The minimum absolute atomic E-state index is 0.124. The second kappa shape index (κ2) is 10.8. The molecule has 3 aromatic heterocycles. The fourth-order valence-corrected chi connectivity index (χ4v) is 3.61. The minimum atomic E-state index is -0.438. The van der Waals surface area contributed by atoms with Crippen LogP contribution < -0.4 is 16.6 Å². The molecule has 168 valence electrons. The molecule has 0 saturated heterocycles. The molecular weight excluding hydrogens is 398 g/mol. The molecule has 0 aliphatic heterocycles. The number of amides is 1. The number of aryl methyl sites for hydroxylation is 3. The molecule has 3 aromatic rings. The van der Waals surface area contributed by atoms with E-state index in [1.54, 1.807) is 18.4 Å². The predicted molar refractivity (Wildman–Crippen MR) is 118 cm³/mol. The van der Waals surface area contributed by atoms with Gasteiger partial charge in [-0.25, -0.2) is 9.78 Å². The predicted octanol–water partition coefficient (Wildman–Crippen LogP) is 2.72. The molecule has 2 N–H and O–H groups in total. The monoisotopic (exact) mass is 429 g/mol. The van der Waals surface area contributed by atoms with Crippen LogP contribution in [0.25, 0.3) is 11.2 Å². The lowest BCUT2D eigenvalue weighted by molar-refractivity contribution is -0.121. The van der Waals surface area contributed by atoms with Gasteiger partial charge in [0.1, 0.15) is 11.6 Å². The SMILES string of the molecule is CCCCCn1c(CCC(=O)NCc2ccco2)nc2c1c(=O)[nH]c(=O)n2CCCC. The number of nitrogens with one attached hydrogen (secondary N) is 2. The van der Waals surface area contributed by atoms with Crippen molar-refractivity contribution < 1.29 is 9.21 Å². The van der Waals surface area contributed by atoms with Crippen molar-refractivity contribution in [3.8, 4) is 0 Å². The summed E-state index contributed by atoms with van der Waals surface area (Å²) < 4.78 is 8.65. The van der Waals surface area contributed by atoms with Crippen molar-refractivity contribution >= 4 is 17.1 Å². The Morgan fingerprint density at radius 3 is 2.61 bits per heavy atom. The van der Waals surface area contributed by atoms with E-state index in [2.05, 4.69) is 22.2 Å². The van der Waals surface area contributed by atoms with Crippen LogP contribution in [-0.4, -0.2) is 25.0 Å². The summed E-state index contributed by atoms with van der Waals surface area (Å²) in [5.74, 6) is 1.22. The zero-order chi connectivity index (χ0) is 22.2. The van der Waals surface area contributed by atoms with Crippen LogP contribution in [0.2, 0.25) is 0 Å². The maximum Gasteiger partial charge on any atom is 0.330 e. The number of hydrogen-bond donors (Lipinski definition) is 2. The Kier molecular flexibility index (Phi) is 7.86. The third-order valence-electron chi connectivity index (χ3n) is 5.30. The molecular formula is C22H31N5O4. The van der Waals surface area contributed by atoms with Crippen LogP contribution in [0.1, 0.15) is 64.0 Å². The number of hydrogen-bond acceptors (Lipinski definition) is 5. The van der Waals surface area contributed by atoms with Gasteiger partial charge in [0.2, 0.25) is 5.91 Å². The molecule has 0 aliphatic rings. The molecule has 3 rings (SSSR count). The second-order valence-electron chi connectivity index (χ2n) is 7.68. The third-order valence-corrected chi connectivity index (χ3v) is 5.30.